The number of nitrogens with zero attached hydrogens (tertiary/aromatic N) is 1. The molecule has 8 heteroatoms. The molecule has 1 aliphatic heterocycles. The van der Waals surface area contributed by atoms with Crippen molar-refractivity contribution in [1.82, 2.24) is 15.5 Å². The van der Waals surface area contributed by atoms with E-state index in [9.17, 15) is 24.0 Å². The fourth-order valence-electron chi connectivity index (χ4n) is 3.49. The van der Waals surface area contributed by atoms with Gasteiger partial charge in [0.05, 0.1) is 6.04 Å². The van der Waals surface area contributed by atoms with Gasteiger partial charge in [-0.1, -0.05) is 27.2 Å². The van der Waals surface area contributed by atoms with Gasteiger partial charge in [0.1, 0.15) is 6.04 Å². The average molecular weight is 420 g/mol. The zero-order chi connectivity index (χ0) is 22.5. The lowest BCUT2D eigenvalue weighted by Crippen LogP contribution is -2.53. The Morgan fingerprint density at radius 1 is 1.00 bits per heavy atom. The summed E-state index contributed by atoms with van der Waals surface area (Å²) in [4.78, 5) is 61.4. The predicted molar refractivity (Wildman–Crippen MR) is 111 cm³/mol. The van der Waals surface area contributed by atoms with Gasteiger partial charge in [0.25, 0.3) is 11.8 Å². The van der Waals surface area contributed by atoms with Crippen LogP contribution in [-0.4, -0.2) is 52.9 Å². The first-order chi connectivity index (χ1) is 14.0. The quantitative estimate of drug-likeness (QED) is 0.368. The van der Waals surface area contributed by atoms with Gasteiger partial charge in [-0.3, -0.25) is 28.9 Å². The van der Waals surface area contributed by atoms with Crippen LogP contribution in [0.5, 0.6) is 0 Å². The van der Waals surface area contributed by atoms with Gasteiger partial charge in [0.2, 0.25) is 11.8 Å². The smallest absolute Gasteiger partial charge is 0.253 e. The molecular weight excluding hydrogens is 386 g/mol. The largest absolute Gasteiger partial charge is 0.345 e. The maximum Gasteiger partial charge on any atom is 0.253 e. The van der Waals surface area contributed by atoms with E-state index >= 15 is 0 Å². The van der Waals surface area contributed by atoms with Crippen molar-refractivity contribution in [2.45, 2.75) is 78.3 Å². The van der Waals surface area contributed by atoms with Crippen LogP contribution in [0.25, 0.3) is 0 Å². The fraction of sp³-hybridized carbons (Fsp3) is 0.682. The summed E-state index contributed by atoms with van der Waals surface area (Å²) in [6, 6.07) is -1.28. The summed E-state index contributed by atoms with van der Waals surface area (Å²) in [7, 11) is 0. The summed E-state index contributed by atoms with van der Waals surface area (Å²) in [6.45, 7) is 7.63. The summed E-state index contributed by atoms with van der Waals surface area (Å²) in [5.41, 5.74) is -0.316. The lowest BCUT2D eigenvalue weighted by molar-refractivity contribution is -0.137. The molecule has 1 fully saturated rings. The molecule has 0 spiro atoms. The standard InChI is InChI=1S/C22H33N3O5/c1-14(2)19(21(30)23-15(3)20(29)22(4)11-12-22)24-16(26)8-6-5-7-13-25-17(27)9-10-18(25)28/h9-10,14-15,19H,5-8,11-13H2,1-4H3,(H,23,30)(H,24,26)/t15-,19-/m0/s1. The van der Waals surface area contributed by atoms with Gasteiger partial charge in [-0.2, -0.15) is 0 Å². The Balaban J connectivity index is 1.71. The van der Waals surface area contributed by atoms with Crippen LogP contribution in [0.4, 0.5) is 0 Å². The van der Waals surface area contributed by atoms with Gasteiger partial charge in [-0.05, 0) is 38.5 Å². The molecule has 166 valence electrons. The van der Waals surface area contributed by atoms with Crippen LogP contribution in [-0.2, 0) is 24.0 Å². The summed E-state index contributed by atoms with van der Waals surface area (Å²) >= 11 is 0. The van der Waals surface area contributed by atoms with Crippen LogP contribution in [0.3, 0.4) is 0 Å². The van der Waals surface area contributed by atoms with Crippen molar-refractivity contribution in [1.29, 1.82) is 0 Å². The molecule has 30 heavy (non-hydrogen) atoms. The second-order valence-corrected chi connectivity index (χ2v) is 8.92. The topological polar surface area (TPSA) is 113 Å². The van der Waals surface area contributed by atoms with Gasteiger partial charge in [-0.25, -0.2) is 0 Å². The third-order valence-electron chi connectivity index (χ3n) is 5.80. The van der Waals surface area contributed by atoms with E-state index in [4.69, 9.17) is 0 Å². The fourth-order valence-corrected chi connectivity index (χ4v) is 3.49. The third kappa shape index (κ3) is 6.24. The number of ketones is 1. The van der Waals surface area contributed by atoms with Gasteiger partial charge < -0.3 is 10.6 Å². The van der Waals surface area contributed by atoms with Crippen molar-refractivity contribution in [3.63, 3.8) is 0 Å². The van der Waals surface area contributed by atoms with Gasteiger partial charge in [-0.15, -0.1) is 0 Å². The summed E-state index contributed by atoms with van der Waals surface area (Å²) in [5.74, 6) is -1.25. The minimum atomic E-state index is -0.703. The van der Waals surface area contributed by atoms with Crippen LogP contribution < -0.4 is 10.6 Å². The minimum absolute atomic E-state index is 0.0369. The Hall–Kier alpha value is -2.51. The van der Waals surface area contributed by atoms with E-state index in [1.165, 1.54) is 17.1 Å². The van der Waals surface area contributed by atoms with E-state index in [0.29, 0.717) is 25.8 Å². The summed E-state index contributed by atoms with van der Waals surface area (Å²) < 4.78 is 0. The normalized spacial score (nSPS) is 19.0. The monoisotopic (exact) mass is 419 g/mol. The van der Waals surface area contributed by atoms with Crippen molar-refractivity contribution < 1.29 is 24.0 Å². The number of rotatable bonds is 12. The van der Waals surface area contributed by atoms with E-state index in [0.717, 1.165) is 12.8 Å². The molecule has 0 bridgehead atoms. The Morgan fingerprint density at radius 3 is 2.13 bits per heavy atom. The lowest BCUT2D eigenvalue weighted by Gasteiger charge is -2.24. The molecule has 0 aromatic heterocycles. The van der Waals surface area contributed by atoms with Crippen molar-refractivity contribution in [2.24, 2.45) is 11.3 Å². The third-order valence-corrected chi connectivity index (χ3v) is 5.80. The van der Waals surface area contributed by atoms with Crippen LogP contribution >= 0.6 is 0 Å². The van der Waals surface area contributed by atoms with Crippen LogP contribution in [0.2, 0.25) is 0 Å². The molecule has 1 saturated carbocycles. The predicted octanol–water partition coefficient (Wildman–Crippen LogP) is 1.49. The van der Waals surface area contributed by atoms with Crippen LogP contribution in [0.1, 0.15) is 66.2 Å². The van der Waals surface area contributed by atoms with Crippen molar-refractivity contribution in [2.75, 3.05) is 6.54 Å². The molecule has 1 heterocycles. The molecule has 0 aromatic rings. The molecule has 0 aromatic carbocycles. The molecule has 0 unspecified atom stereocenters. The molecule has 2 atom stereocenters. The average Bonchev–Trinajstić information content (AvgIpc) is 3.36. The zero-order valence-electron chi connectivity index (χ0n) is 18.3. The number of hydrogen-bond donors (Lipinski definition) is 2. The lowest BCUT2D eigenvalue weighted by atomic mass is 9.97. The molecule has 1 aliphatic carbocycles. The number of unbranched alkanes of at least 4 members (excludes halogenated alkanes) is 2. The number of Topliss-reactive ketones (excluding diaryl/α,β-unsaturated/α-hetero) is 1. The highest BCUT2D eigenvalue weighted by Crippen LogP contribution is 2.46. The molecule has 2 aliphatic rings. The number of nitrogens with one attached hydrogen (secondary N) is 2. The minimum Gasteiger partial charge on any atom is -0.345 e. The van der Waals surface area contributed by atoms with E-state index in [1.807, 2.05) is 20.8 Å². The first kappa shape index (κ1) is 23.8. The highest BCUT2D eigenvalue weighted by Gasteiger charge is 2.46. The number of carbonyl (C=O) groups is 5. The molecule has 0 saturated heterocycles. The second kappa shape index (κ2) is 10.00. The Kier molecular flexibility index (Phi) is 7.92. The van der Waals surface area contributed by atoms with Crippen molar-refractivity contribution in [3.8, 4) is 0 Å². The Labute approximate surface area is 177 Å². The number of hydrogen-bond acceptors (Lipinski definition) is 5. The Morgan fingerprint density at radius 2 is 1.60 bits per heavy atom. The number of imide groups is 1. The molecular formula is C22H33N3O5. The van der Waals surface area contributed by atoms with E-state index in [-0.39, 0.29) is 47.2 Å². The van der Waals surface area contributed by atoms with Crippen LogP contribution in [0, 0.1) is 11.3 Å². The van der Waals surface area contributed by atoms with E-state index in [1.54, 1.807) is 6.92 Å². The van der Waals surface area contributed by atoms with Gasteiger partial charge in [0.15, 0.2) is 5.78 Å². The van der Waals surface area contributed by atoms with E-state index in [2.05, 4.69) is 10.6 Å². The molecule has 4 amide bonds. The number of amides is 4. The van der Waals surface area contributed by atoms with Crippen LogP contribution in [0.15, 0.2) is 12.2 Å². The molecule has 0 radical (unpaired) electrons. The number of carbonyl (C=O) groups excluding carboxylic acids is 5. The molecule has 2 rings (SSSR count). The van der Waals surface area contributed by atoms with Crippen molar-refractivity contribution in [3.05, 3.63) is 12.2 Å². The zero-order valence-corrected chi connectivity index (χ0v) is 18.3. The van der Waals surface area contributed by atoms with Gasteiger partial charge in [0, 0.05) is 30.5 Å². The SMILES string of the molecule is CC(C)[C@H](NC(=O)CCCCCN1C(=O)C=CC1=O)C(=O)N[C@@H](C)C(=O)C1(C)CC1. The van der Waals surface area contributed by atoms with Crippen molar-refractivity contribution >= 4 is 29.4 Å². The summed E-state index contributed by atoms with van der Waals surface area (Å²) in [6.07, 6.45) is 6.38. The Bertz CT molecular complexity index is 721. The summed E-state index contributed by atoms with van der Waals surface area (Å²) in [5, 5.41) is 5.52. The first-order valence-electron chi connectivity index (χ1n) is 10.7. The van der Waals surface area contributed by atoms with Gasteiger partial charge >= 0.3 is 0 Å². The second-order valence-electron chi connectivity index (χ2n) is 8.92. The molecule has 8 nitrogen and oxygen atoms in total. The highest BCUT2D eigenvalue weighted by atomic mass is 16.2. The van der Waals surface area contributed by atoms with E-state index < -0.39 is 12.1 Å². The first-order valence-corrected chi connectivity index (χ1v) is 10.7. The highest BCUT2D eigenvalue weighted by molar-refractivity contribution is 6.12. The maximum absolute atomic E-state index is 12.6. The maximum atomic E-state index is 12.6. The molecule has 2 N–H and O–H groups in total.